The van der Waals surface area contributed by atoms with Crippen LogP contribution in [0.5, 0.6) is 0 Å². The number of aryl methyl sites for hydroxylation is 1. The lowest BCUT2D eigenvalue weighted by molar-refractivity contribution is 0.604. The molecule has 0 aliphatic heterocycles. The van der Waals surface area contributed by atoms with Gasteiger partial charge < -0.3 is 0 Å². The average molecular weight is 187 g/mol. The quantitative estimate of drug-likeness (QED) is 0.738. The molecule has 72 valence electrons. The molecule has 0 aliphatic carbocycles. The molecule has 0 atom stereocenters. The van der Waals surface area contributed by atoms with E-state index in [1.807, 2.05) is 35.3 Å². The number of pyridine rings is 1. The predicted molar refractivity (Wildman–Crippen MR) is 55.7 cm³/mol. The largest absolute Gasteiger partial charge is 0.272 e. The molecular weight excluding hydrogens is 174 g/mol. The lowest BCUT2D eigenvalue weighted by atomic mass is 10.2. The van der Waals surface area contributed by atoms with Gasteiger partial charge in [0.1, 0.15) is 0 Å². The molecule has 2 rings (SSSR count). The van der Waals surface area contributed by atoms with Gasteiger partial charge in [-0.25, -0.2) is 0 Å². The Bertz CT molecular complexity index is 392. The zero-order valence-electron chi connectivity index (χ0n) is 8.22. The third-order valence-electron chi connectivity index (χ3n) is 2.05. The third kappa shape index (κ3) is 1.82. The second-order valence-electron chi connectivity index (χ2n) is 3.21. The van der Waals surface area contributed by atoms with Crippen molar-refractivity contribution in [1.29, 1.82) is 0 Å². The van der Waals surface area contributed by atoms with E-state index in [0.717, 1.165) is 24.2 Å². The molecule has 0 bridgehead atoms. The summed E-state index contributed by atoms with van der Waals surface area (Å²) >= 11 is 0. The van der Waals surface area contributed by atoms with Gasteiger partial charge in [-0.05, 0) is 24.6 Å². The molecule has 3 heteroatoms. The van der Waals surface area contributed by atoms with E-state index in [1.54, 1.807) is 6.20 Å². The first-order valence-corrected chi connectivity index (χ1v) is 4.84. The van der Waals surface area contributed by atoms with Crippen molar-refractivity contribution in [2.45, 2.75) is 19.9 Å². The molecule has 14 heavy (non-hydrogen) atoms. The van der Waals surface area contributed by atoms with Crippen LogP contribution in [0.15, 0.2) is 36.8 Å². The van der Waals surface area contributed by atoms with E-state index in [2.05, 4.69) is 17.0 Å². The molecular formula is C11H13N3. The molecule has 0 amide bonds. The van der Waals surface area contributed by atoms with E-state index in [1.165, 1.54) is 0 Å². The zero-order chi connectivity index (χ0) is 9.80. The van der Waals surface area contributed by atoms with E-state index >= 15 is 0 Å². The zero-order valence-corrected chi connectivity index (χ0v) is 8.22. The summed E-state index contributed by atoms with van der Waals surface area (Å²) in [4.78, 5) is 4.07. The van der Waals surface area contributed by atoms with Crippen LogP contribution >= 0.6 is 0 Å². The number of aromatic nitrogens is 3. The van der Waals surface area contributed by atoms with Gasteiger partial charge in [0.2, 0.25) is 0 Å². The third-order valence-corrected chi connectivity index (χ3v) is 2.05. The van der Waals surface area contributed by atoms with Gasteiger partial charge in [-0.1, -0.05) is 6.92 Å². The smallest absolute Gasteiger partial charge is 0.0938 e. The number of hydrogen-bond acceptors (Lipinski definition) is 2. The first kappa shape index (κ1) is 8.94. The lowest BCUT2D eigenvalue weighted by Gasteiger charge is -1.96. The molecule has 0 fully saturated rings. The molecule has 0 radical (unpaired) electrons. The Morgan fingerprint density at radius 2 is 2.29 bits per heavy atom. The fourth-order valence-electron chi connectivity index (χ4n) is 1.38. The van der Waals surface area contributed by atoms with Gasteiger partial charge in [0.25, 0.3) is 0 Å². The maximum absolute atomic E-state index is 4.45. The lowest BCUT2D eigenvalue weighted by Crippen LogP contribution is -1.96. The van der Waals surface area contributed by atoms with Crippen molar-refractivity contribution in [3.05, 3.63) is 36.8 Å². The Morgan fingerprint density at radius 1 is 1.36 bits per heavy atom. The van der Waals surface area contributed by atoms with Gasteiger partial charge in [-0.3, -0.25) is 9.67 Å². The van der Waals surface area contributed by atoms with Crippen molar-refractivity contribution in [1.82, 2.24) is 14.8 Å². The summed E-state index contributed by atoms with van der Waals surface area (Å²) in [5, 5.41) is 4.45. The highest BCUT2D eigenvalue weighted by Gasteiger charge is 2.00. The SMILES string of the molecule is CCCn1ccc(-c2cccnc2)n1. The Labute approximate surface area is 83.4 Å². The molecule has 0 spiro atoms. The Kier molecular flexibility index (Phi) is 2.58. The van der Waals surface area contributed by atoms with E-state index in [0.29, 0.717) is 0 Å². The van der Waals surface area contributed by atoms with Crippen LogP contribution in [0, 0.1) is 0 Å². The Hall–Kier alpha value is -1.64. The highest BCUT2D eigenvalue weighted by Crippen LogP contribution is 2.14. The van der Waals surface area contributed by atoms with Crippen molar-refractivity contribution < 1.29 is 0 Å². The van der Waals surface area contributed by atoms with Gasteiger partial charge in [0, 0.05) is 30.7 Å². The van der Waals surface area contributed by atoms with Crippen LogP contribution in [0.4, 0.5) is 0 Å². The Morgan fingerprint density at radius 3 is 3.00 bits per heavy atom. The van der Waals surface area contributed by atoms with Gasteiger partial charge in [-0.2, -0.15) is 5.10 Å². The van der Waals surface area contributed by atoms with E-state index in [-0.39, 0.29) is 0 Å². The molecule has 2 aromatic rings. The first-order chi connectivity index (χ1) is 6.90. The van der Waals surface area contributed by atoms with Crippen LogP contribution in [0.1, 0.15) is 13.3 Å². The van der Waals surface area contributed by atoms with Crippen LogP contribution in [-0.2, 0) is 6.54 Å². The average Bonchev–Trinajstić information content (AvgIpc) is 2.68. The van der Waals surface area contributed by atoms with Crippen LogP contribution in [-0.4, -0.2) is 14.8 Å². The van der Waals surface area contributed by atoms with Crippen molar-refractivity contribution in [3.63, 3.8) is 0 Å². The molecule has 2 aromatic heterocycles. The predicted octanol–water partition coefficient (Wildman–Crippen LogP) is 2.36. The van der Waals surface area contributed by atoms with Gasteiger partial charge in [0.15, 0.2) is 0 Å². The fraction of sp³-hybridized carbons (Fsp3) is 0.273. The van der Waals surface area contributed by atoms with Crippen molar-refractivity contribution in [2.24, 2.45) is 0 Å². The minimum atomic E-state index is 0.972. The maximum atomic E-state index is 4.45. The number of nitrogens with zero attached hydrogens (tertiary/aromatic N) is 3. The summed E-state index contributed by atoms with van der Waals surface area (Å²) in [5.74, 6) is 0. The van der Waals surface area contributed by atoms with Gasteiger partial charge >= 0.3 is 0 Å². The first-order valence-electron chi connectivity index (χ1n) is 4.84. The minimum Gasteiger partial charge on any atom is -0.272 e. The van der Waals surface area contributed by atoms with E-state index in [4.69, 9.17) is 0 Å². The van der Waals surface area contributed by atoms with Gasteiger partial charge in [-0.15, -0.1) is 0 Å². The van der Waals surface area contributed by atoms with Crippen LogP contribution in [0.25, 0.3) is 11.3 Å². The van der Waals surface area contributed by atoms with Crippen LogP contribution < -0.4 is 0 Å². The Balaban J connectivity index is 2.25. The van der Waals surface area contributed by atoms with E-state index in [9.17, 15) is 0 Å². The summed E-state index contributed by atoms with van der Waals surface area (Å²) in [7, 11) is 0. The van der Waals surface area contributed by atoms with Crippen LogP contribution in [0.3, 0.4) is 0 Å². The van der Waals surface area contributed by atoms with Crippen LogP contribution in [0.2, 0.25) is 0 Å². The minimum absolute atomic E-state index is 0.972. The standard InChI is InChI=1S/C11H13N3/c1-2-7-14-8-5-11(13-14)10-4-3-6-12-9-10/h3-6,8-9H,2,7H2,1H3. The molecule has 0 N–H and O–H groups in total. The molecule has 0 unspecified atom stereocenters. The molecule has 0 aliphatic rings. The summed E-state index contributed by atoms with van der Waals surface area (Å²) < 4.78 is 1.96. The summed E-state index contributed by atoms with van der Waals surface area (Å²) in [6.07, 6.45) is 6.71. The molecule has 0 saturated heterocycles. The fourth-order valence-corrected chi connectivity index (χ4v) is 1.38. The molecule has 0 aromatic carbocycles. The highest BCUT2D eigenvalue weighted by atomic mass is 15.3. The topological polar surface area (TPSA) is 30.7 Å². The number of hydrogen-bond donors (Lipinski definition) is 0. The number of rotatable bonds is 3. The van der Waals surface area contributed by atoms with Crippen molar-refractivity contribution in [2.75, 3.05) is 0 Å². The van der Waals surface area contributed by atoms with Crippen molar-refractivity contribution in [3.8, 4) is 11.3 Å². The van der Waals surface area contributed by atoms with Gasteiger partial charge in [0.05, 0.1) is 5.69 Å². The highest BCUT2D eigenvalue weighted by molar-refractivity contribution is 5.56. The maximum Gasteiger partial charge on any atom is 0.0938 e. The summed E-state index contributed by atoms with van der Waals surface area (Å²) in [6, 6.07) is 5.96. The van der Waals surface area contributed by atoms with Crippen molar-refractivity contribution >= 4 is 0 Å². The summed E-state index contributed by atoms with van der Waals surface area (Å²) in [6.45, 7) is 3.12. The molecule has 3 nitrogen and oxygen atoms in total. The molecule has 2 heterocycles. The summed E-state index contributed by atoms with van der Waals surface area (Å²) in [5.41, 5.74) is 2.06. The molecule has 0 saturated carbocycles. The second-order valence-corrected chi connectivity index (χ2v) is 3.21. The normalized spacial score (nSPS) is 10.4. The second kappa shape index (κ2) is 4.05. The van der Waals surface area contributed by atoms with E-state index < -0.39 is 0 Å². The monoisotopic (exact) mass is 187 g/mol.